The maximum Gasteiger partial charge on any atom is 0.329 e. The molecule has 45 heavy (non-hydrogen) atoms. The number of methoxy groups -OCH3 is 2. The highest BCUT2D eigenvalue weighted by atomic mass is 16.5. The highest BCUT2D eigenvalue weighted by Crippen LogP contribution is 2.30. The van der Waals surface area contributed by atoms with E-state index in [9.17, 15) is 9.59 Å². The van der Waals surface area contributed by atoms with Gasteiger partial charge < -0.3 is 29.6 Å². The first-order valence-corrected chi connectivity index (χ1v) is 15.1. The van der Waals surface area contributed by atoms with E-state index >= 15 is 0 Å². The third kappa shape index (κ3) is 10.1. The Morgan fingerprint density at radius 3 is 2.02 bits per heavy atom. The molecule has 4 aromatic carbocycles. The molecule has 2 N–H and O–H groups in total. The lowest BCUT2D eigenvalue weighted by molar-refractivity contribution is -0.153. The Morgan fingerprint density at radius 1 is 0.711 bits per heavy atom. The maximum absolute atomic E-state index is 13.7. The van der Waals surface area contributed by atoms with Crippen molar-refractivity contribution in [3.05, 3.63) is 125 Å². The van der Waals surface area contributed by atoms with Gasteiger partial charge in [-0.25, -0.2) is 4.79 Å². The van der Waals surface area contributed by atoms with Crippen LogP contribution in [0.15, 0.2) is 103 Å². The van der Waals surface area contributed by atoms with Crippen LogP contribution in [0.25, 0.3) is 0 Å². The average Bonchev–Trinajstić information content (AvgIpc) is 3.06. The smallest absolute Gasteiger partial charge is 0.329 e. The van der Waals surface area contributed by atoms with Gasteiger partial charge in [0.1, 0.15) is 24.5 Å². The molecule has 0 aromatic heterocycles. The summed E-state index contributed by atoms with van der Waals surface area (Å²) in [6, 6.07) is 32.0. The molecule has 0 aliphatic rings. The highest BCUT2D eigenvalue weighted by molar-refractivity contribution is 5.83. The minimum atomic E-state index is -0.853. The first-order valence-electron chi connectivity index (χ1n) is 15.1. The predicted octanol–water partition coefficient (Wildman–Crippen LogP) is 5.84. The van der Waals surface area contributed by atoms with Crippen molar-refractivity contribution >= 4 is 11.9 Å². The van der Waals surface area contributed by atoms with Crippen molar-refractivity contribution in [2.45, 2.75) is 51.5 Å². The largest absolute Gasteiger partial charge is 0.493 e. The number of esters is 1. The van der Waals surface area contributed by atoms with Crippen molar-refractivity contribution in [3.8, 4) is 17.2 Å². The van der Waals surface area contributed by atoms with Crippen LogP contribution in [0.1, 0.15) is 42.2 Å². The molecular weight excluding hydrogens is 568 g/mol. The third-order valence-electron chi connectivity index (χ3n) is 7.35. The van der Waals surface area contributed by atoms with Gasteiger partial charge in [0.25, 0.3) is 0 Å². The van der Waals surface area contributed by atoms with E-state index in [0.717, 1.165) is 22.3 Å². The molecule has 0 spiro atoms. The van der Waals surface area contributed by atoms with Gasteiger partial charge in [0.2, 0.25) is 5.91 Å². The zero-order valence-electron chi connectivity index (χ0n) is 26.3. The second-order valence-corrected chi connectivity index (χ2v) is 10.9. The molecular formula is C37H42N2O6. The quantitative estimate of drug-likeness (QED) is 0.154. The van der Waals surface area contributed by atoms with Crippen LogP contribution in [-0.4, -0.2) is 44.7 Å². The van der Waals surface area contributed by atoms with Gasteiger partial charge in [-0.3, -0.25) is 4.79 Å². The summed E-state index contributed by atoms with van der Waals surface area (Å²) in [5, 5.41) is 6.32. The summed E-state index contributed by atoms with van der Waals surface area (Å²) in [5.41, 5.74) is 3.74. The summed E-state index contributed by atoms with van der Waals surface area (Å²) in [6.45, 7) is 4.16. The normalized spacial score (nSPS) is 12.8. The fourth-order valence-corrected chi connectivity index (χ4v) is 5.08. The molecule has 236 valence electrons. The van der Waals surface area contributed by atoms with Crippen molar-refractivity contribution in [1.82, 2.24) is 10.6 Å². The summed E-state index contributed by atoms with van der Waals surface area (Å²) < 4.78 is 23.3. The fraction of sp³-hybridized carbons (Fsp3) is 0.297. The van der Waals surface area contributed by atoms with Crippen molar-refractivity contribution in [1.29, 1.82) is 0 Å². The Kier molecular flexibility index (Phi) is 12.4. The van der Waals surface area contributed by atoms with Crippen molar-refractivity contribution < 1.29 is 28.5 Å². The number of para-hydroxylation sites is 1. The van der Waals surface area contributed by atoms with Gasteiger partial charge in [-0.1, -0.05) is 84.9 Å². The van der Waals surface area contributed by atoms with Crippen LogP contribution >= 0.6 is 0 Å². The van der Waals surface area contributed by atoms with Crippen LogP contribution in [0, 0.1) is 0 Å². The zero-order valence-corrected chi connectivity index (χ0v) is 26.3. The van der Waals surface area contributed by atoms with E-state index in [1.807, 2.05) is 103 Å². The summed E-state index contributed by atoms with van der Waals surface area (Å²) in [6.07, 6.45) is 0.320. The summed E-state index contributed by atoms with van der Waals surface area (Å²) in [5.74, 6) is 1.13. The molecule has 0 aliphatic carbocycles. The fourth-order valence-electron chi connectivity index (χ4n) is 5.08. The summed E-state index contributed by atoms with van der Waals surface area (Å²) in [7, 11) is 3.23. The summed E-state index contributed by atoms with van der Waals surface area (Å²) in [4.78, 5) is 25.8. The van der Waals surface area contributed by atoms with Crippen molar-refractivity contribution in [3.63, 3.8) is 0 Å². The molecule has 8 heteroatoms. The highest BCUT2D eigenvalue weighted by Gasteiger charge is 2.28. The van der Waals surface area contributed by atoms with Gasteiger partial charge in [0, 0.05) is 31.5 Å². The maximum atomic E-state index is 13.7. The molecule has 0 radical (unpaired) electrons. The number of benzene rings is 4. The first-order chi connectivity index (χ1) is 21.9. The Bertz CT molecular complexity index is 1510. The lowest BCUT2D eigenvalue weighted by Crippen LogP contribution is -2.44. The number of ether oxygens (including phenoxy) is 4. The lowest BCUT2D eigenvalue weighted by atomic mass is 10.0. The van der Waals surface area contributed by atoms with E-state index in [2.05, 4.69) is 17.6 Å². The van der Waals surface area contributed by atoms with E-state index in [-0.39, 0.29) is 11.9 Å². The number of carbonyl (C=O) groups is 2. The molecule has 0 bridgehead atoms. The van der Waals surface area contributed by atoms with E-state index < -0.39 is 18.1 Å². The average molecular weight is 611 g/mol. The minimum absolute atomic E-state index is 0.0252. The van der Waals surface area contributed by atoms with Crippen molar-refractivity contribution in [2.24, 2.45) is 0 Å². The predicted molar refractivity (Wildman–Crippen MR) is 175 cm³/mol. The number of amides is 1. The van der Waals surface area contributed by atoms with Gasteiger partial charge in [0.05, 0.1) is 14.2 Å². The van der Waals surface area contributed by atoms with Crippen molar-refractivity contribution in [2.75, 3.05) is 20.8 Å². The molecule has 1 amide bonds. The Hall–Kier alpha value is -4.82. The zero-order chi connectivity index (χ0) is 32.0. The van der Waals surface area contributed by atoms with Crippen LogP contribution in [0.3, 0.4) is 0 Å². The van der Waals surface area contributed by atoms with E-state index in [1.54, 1.807) is 14.2 Å². The van der Waals surface area contributed by atoms with Crippen LogP contribution in [-0.2, 0) is 33.8 Å². The van der Waals surface area contributed by atoms with Crippen LogP contribution in [0.4, 0.5) is 0 Å². The molecule has 4 rings (SSSR count). The van der Waals surface area contributed by atoms with Gasteiger partial charge in [-0.05, 0) is 48.2 Å². The molecule has 4 aromatic rings. The monoisotopic (exact) mass is 610 g/mol. The van der Waals surface area contributed by atoms with Gasteiger partial charge in [-0.15, -0.1) is 0 Å². The van der Waals surface area contributed by atoms with Gasteiger partial charge >= 0.3 is 5.97 Å². The molecule has 0 saturated carbocycles. The topological polar surface area (TPSA) is 95.1 Å². The number of hydrogen-bond acceptors (Lipinski definition) is 7. The van der Waals surface area contributed by atoms with E-state index in [4.69, 9.17) is 18.9 Å². The SMILES string of the molecule is COc1ccc(CC(C)NCC(OC(=O)[C@H](Cc2ccccc2)NC(C)=O)c2ccccc2OCc2ccccc2)cc1OC. The van der Waals surface area contributed by atoms with E-state index in [1.165, 1.54) is 6.92 Å². The molecule has 0 fully saturated rings. The molecule has 3 atom stereocenters. The van der Waals surface area contributed by atoms with Gasteiger partial charge in [-0.2, -0.15) is 0 Å². The molecule has 0 saturated heterocycles. The molecule has 0 aliphatic heterocycles. The number of nitrogens with one attached hydrogen (secondary N) is 2. The van der Waals surface area contributed by atoms with Crippen LogP contribution in [0.5, 0.6) is 17.2 Å². The third-order valence-corrected chi connectivity index (χ3v) is 7.35. The number of hydrogen-bond donors (Lipinski definition) is 2. The second kappa shape index (κ2) is 16.9. The minimum Gasteiger partial charge on any atom is -0.493 e. The first kappa shape index (κ1) is 33.1. The number of carbonyl (C=O) groups excluding carboxylic acids is 2. The Labute approximate surface area is 265 Å². The summed E-state index contributed by atoms with van der Waals surface area (Å²) >= 11 is 0. The molecule has 8 nitrogen and oxygen atoms in total. The number of rotatable bonds is 16. The Balaban J connectivity index is 1.55. The molecule has 2 unspecified atom stereocenters. The van der Waals surface area contributed by atoms with Gasteiger partial charge in [0.15, 0.2) is 11.5 Å². The van der Waals surface area contributed by atoms with E-state index in [0.29, 0.717) is 43.2 Å². The lowest BCUT2D eigenvalue weighted by Gasteiger charge is -2.26. The van der Waals surface area contributed by atoms with Crippen LogP contribution < -0.4 is 24.8 Å². The standard InChI is InChI=1S/C37H42N2O6/c1-26(21-30-19-20-34(42-3)35(23-30)43-4)38-24-36(31-17-11-12-18-33(31)44-25-29-15-9-6-10-16-29)45-37(41)32(39-27(2)40)22-28-13-7-5-8-14-28/h5-20,23,26,32,36,38H,21-22,24-25H2,1-4H3,(H,39,40)/t26?,32-,36?/m0/s1. The molecule has 0 heterocycles. The second-order valence-electron chi connectivity index (χ2n) is 10.9. The Morgan fingerprint density at radius 2 is 1.36 bits per heavy atom. The van der Waals surface area contributed by atoms with Crippen LogP contribution in [0.2, 0.25) is 0 Å².